The molecule has 0 aliphatic carbocycles. The highest BCUT2D eigenvalue weighted by Gasteiger charge is 2.27. The molecule has 2 rings (SSSR count). The molecule has 0 aromatic heterocycles. The second-order valence-electron chi connectivity index (χ2n) is 5.71. The van der Waals surface area contributed by atoms with Gasteiger partial charge in [-0.2, -0.15) is 0 Å². The van der Waals surface area contributed by atoms with Crippen molar-refractivity contribution in [1.82, 2.24) is 4.90 Å². The van der Waals surface area contributed by atoms with E-state index in [-0.39, 0.29) is 0 Å². The van der Waals surface area contributed by atoms with E-state index in [0.29, 0.717) is 12.6 Å². The van der Waals surface area contributed by atoms with Gasteiger partial charge in [-0.05, 0) is 31.4 Å². The van der Waals surface area contributed by atoms with Crippen LogP contribution in [0.25, 0.3) is 0 Å². The Morgan fingerprint density at radius 3 is 2.70 bits per heavy atom. The van der Waals surface area contributed by atoms with Crippen molar-refractivity contribution >= 4 is 5.97 Å². The summed E-state index contributed by atoms with van der Waals surface area (Å²) in [5.41, 5.74) is 0.916. The zero-order valence-corrected chi connectivity index (χ0v) is 12.3. The van der Waals surface area contributed by atoms with Gasteiger partial charge in [0.25, 0.3) is 0 Å². The van der Waals surface area contributed by atoms with Gasteiger partial charge >= 0.3 is 5.97 Å². The van der Waals surface area contributed by atoms with Crippen LogP contribution in [0.3, 0.4) is 0 Å². The molecule has 0 amide bonds. The number of carbonyl (C=O) groups is 1. The molecule has 0 radical (unpaired) electrons. The molecule has 2 unspecified atom stereocenters. The van der Waals surface area contributed by atoms with Crippen LogP contribution in [0.2, 0.25) is 0 Å². The van der Waals surface area contributed by atoms with E-state index in [4.69, 9.17) is 0 Å². The molecule has 3 heteroatoms. The van der Waals surface area contributed by atoms with Crippen molar-refractivity contribution in [3.8, 4) is 0 Å². The SMILES string of the molecule is CCC1CCCCCN1CC(C(=O)O)c1ccccc1. The van der Waals surface area contributed by atoms with Crippen molar-refractivity contribution in [1.29, 1.82) is 0 Å². The largest absolute Gasteiger partial charge is 0.481 e. The Morgan fingerprint density at radius 1 is 1.30 bits per heavy atom. The maximum absolute atomic E-state index is 11.6. The zero-order valence-electron chi connectivity index (χ0n) is 12.3. The molecule has 3 nitrogen and oxygen atoms in total. The lowest BCUT2D eigenvalue weighted by atomic mass is 9.97. The van der Waals surface area contributed by atoms with Crippen LogP contribution in [0, 0.1) is 0 Å². The van der Waals surface area contributed by atoms with Gasteiger partial charge in [0.15, 0.2) is 0 Å². The van der Waals surface area contributed by atoms with Gasteiger partial charge < -0.3 is 5.11 Å². The molecule has 0 saturated carbocycles. The van der Waals surface area contributed by atoms with Crippen molar-refractivity contribution in [3.63, 3.8) is 0 Å². The van der Waals surface area contributed by atoms with Gasteiger partial charge in [-0.25, -0.2) is 0 Å². The number of carboxylic acid groups (broad SMARTS) is 1. The van der Waals surface area contributed by atoms with Crippen molar-refractivity contribution in [2.24, 2.45) is 0 Å². The van der Waals surface area contributed by atoms with Gasteiger partial charge in [0.05, 0.1) is 5.92 Å². The van der Waals surface area contributed by atoms with E-state index in [2.05, 4.69) is 11.8 Å². The van der Waals surface area contributed by atoms with Crippen LogP contribution in [-0.4, -0.2) is 35.1 Å². The Bertz CT molecular complexity index is 418. The summed E-state index contributed by atoms with van der Waals surface area (Å²) in [6, 6.07) is 10.2. The van der Waals surface area contributed by atoms with E-state index >= 15 is 0 Å². The lowest BCUT2D eigenvalue weighted by molar-refractivity contribution is -0.139. The number of hydrogen-bond donors (Lipinski definition) is 1. The topological polar surface area (TPSA) is 40.5 Å². The summed E-state index contributed by atoms with van der Waals surface area (Å²) < 4.78 is 0. The maximum atomic E-state index is 11.6. The van der Waals surface area contributed by atoms with E-state index < -0.39 is 11.9 Å². The molecule has 0 bridgehead atoms. The van der Waals surface area contributed by atoms with Crippen molar-refractivity contribution in [3.05, 3.63) is 35.9 Å². The van der Waals surface area contributed by atoms with E-state index in [0.717, 1.165) is 18.5 Å². The highest BCUT2D eigenvalue weighted by atomic mass is 16.4. The summed E-state index contributed by atoms with van der Waals surface area (Å²) in [7, 11) is 0. The van der Waals surface area contributed by atoms with Crippen molar-refractivity contribution in [2.75, 3.05) is 13.1 Å². The molecule has 0 spiro atoms. The molecule has 1 fully saturated rings. The zero-order chi connectivity index (χ0) is 14.4. The first kappa shape index (κ1) is 15.0. The molecule has 110 valence electrons. The highest BCUT2D eigenvalue weighted by molar-refractivity contribution is 5.76. The number of hydrogen-bond acceptors (Lipinski definition) is 2. The van der Waals surface area contributed by atoms with Gasteiger partial charge in [-0.1, -0.05) is 50.1 Å². The van der Waals surface area contributed by atoms with Crippen LogP contribution >= 0.6 is 0 Å². The van der Waals surface area contributed by atoms with Gasteiger partial charge in [-0.15, -0.1) is 0 Å². The molecule has 1 N–H and O–H groups in total. The first-order valence-corrected chi connectivity index (χ1v) is 7.74. The minimum Gasteiger partial charge on any atom is -0.481 e. The van der Waals surface area contributed by atoms with Gasteiger partial charge in [-0.3, -0.25) is 9.69 Å². The Morgan fingerprint density at radius 2 is 2.05 bits per heavy atom. The fraction of sp³-hybridized carbons (Fsp3) is 0.588. The van der Waals surface area contributed by atoms with E-state index in [1.54, 1.807) is 0 Å². The fourth-order valence-electron chi connectivity index (χ4n) is 3.19. The first-order valence-electron chi connectivity index (χ1n) is 7.74. The van der Waals surface area contributed by atoms with E-state index in [1.807, 2.05) is 30.3 Å². The fourth-order valence-corrected chi connectivity index (χ4v) is 3.19. The Hall–Kier alpha value is -1.35. The molecular formula is C17H25NO2. The van der Waals surface area contributed by atoms with Crippen LogP contribution in [-0.2, 0) is 4.79 Å². The average Bonchev–Trinajstić information content (AvgIpc) is 2.70. The number of rotatable bonds is 5. The molecule has 1 aromatic carbocycles. The molecule has 2 atom stereocenters. The number of aliphatic carboxylic acids is 1. The lowest BCUT2D eigenvalue weighted by Gasteiger charge is -2.31. The average molecular weight is 275 g/mol. The van der Waals surface area contributed by atoms with Gasteiger partial charge in [0, 0.05) is 12.6 Å². The van der Waals surface area contributed by atoms with E-state index in [1.165, 1.54) is 25.7 Å². The summed E-state index contributed by atoms with van der Waals surface area (Å²) in [6.07, 6.45) is 6.06. The molecule has 1 heterocycles. The molecule has 1 saturated heterocycles. The lowest BCUT2D eigenvalue weighted by Crippen LogP contribution is -2.39. The quantitative estimate of drug-likeness (QED) is 0.894. The predicted octanol–water partition coefficient (Wildman–Crippen LogP) is 3.51. The van der Waals surface area contributed by atoms with Crippen LogP contribution in [0.5, 0.6) is 0 Å². The van der Waals surface area contributed by atoms with Gasteiger partial charge in [0.2, 0.25) is 0 Å². The molecular weight excluding hydrogens is 250 g/mol. The second kappa shape index (κ2) is 7.44. The molecule has 1 aliphatic heterocycles. The number of nitrogens with zero attached hydrogens (tertiary/aromatic N) is 1. The summed E-state index contributed by atoms with van der Waals surface area (Å²) in [5.74, 6) is -1.13. The number of carboxylic acids is 1. The highest BCUT2D eigenvalue weighted by Crippen LogP contribution is 2.24. The first-order chi connectivity index (χ1) is 9.72. The predicted molar refractivity (Wildman–Crippen MR) is 80.9 cm³/mol. The Balaban J connectivity index is 2.12. The monoisotopic (exact) mass is 275 g/mol. The van der Waals surface area contributed by atoms with Crippen LogP contribution in [0.15, 0.2) is 30.3 Å². The van der Waals surface area contributed by atoms with Crippen molar-refractivity contribution in [2.45, 2.75) is 51.0 Å². The van der Waals surface area contributed by atoms with Crippen molar-refractivity contribution < 1.29 is 9.90 Å². The minimum atomic E-state index is -0.713. The van der Waals surface area contributed by atoms with E-state index in [9.17, 15) is 9.90 Å². The van der Waals surface area contributed by atoms with Crippen LogP contribution < -0.4 is 0 Å². The second-order valence-corrected chi connectivity index (χ2v) is 5.71. The summed E-state index contributed by atoms with van der Waals surface area (Å²) in [6.45, 7) is 3.88. The standard InChI is InChI=1S/C17H25NO2/c1-2-15-11-7-4-8-12-18(15)13-16(17(19)20)14-9-5-3-6-10-14/h3,5-6,9-10,15-16H,2,4,7-8,11-13H2,1H3,(H,19,20). The van der Waals surface area contributed by atoms with Gasteiger partial charge in [0.1, 0.15) is 0 Å². The number of likely N-dealkylation sites (tertiary alicyclic amines) is 1. The normalized spacial score (nSPS) is 22.1. The van der Waals surface area contributed by atoms with Crippen LogP contribution in [0.4, 0.5) is 0 Å². The number of benzene rings is 1. The molecule has 1 aromatic rings. The summed E-state index contributed by atoms with van der Waals surface area (Å²) >= 11 is 0. The minimum absolute atomic E-state index is 0.414. The Labute approximate surface area is 121 Å². The third-order valence-electron chi connectivity index (χ3n) is 4.39. The Kier molecular flexibility index (Phi) is 5.60. The smallest absolute Gasteiger partial charge is 0.312 e. The maximum Gasteiger partial charge on any atom is 0.312 e. The van der Waals surface area contributed by atoms with Crippen LogP contribution in [0.1, 0.15) is 50.5 Å². The molecule has 1 aliphatic rings. The summed E-state index contributed by atoms with van der Waals surface area (Å²) in [4.78, 5) is 14.0. The third kappa shape index (κ3) is 3.83. The molecule has 20 heavy (non-hydrogen) atoms. The third-order valence-corrected chi connectivity index (χ3v) is 4.39. The summed E-state index contributed by atoms with van der Waals surface area (Å²) in [5, 5.41) is 9.56.